The molecule has 3 aromatic rings. The van der Waals surface area contributed by atoms with Crippen molar-refractivity contribution in [2.75, 3.05) is 13.2 Å². The zero-order chi connectivity index (χ0) is 30.8. The van der Waals surface area contributed by atoms with Crippen molar-refractivity contribution in [2.24, 2.45) is 11.8 Å². The normalized spacial score (nSPS) is 26.2. The highest BCUT2D eigenvalue weighted by molar-refractivity contribution is 5.92. The molecule has 45 heavy (non-hydrogen) atoms. The monoisotopic (exact) mass is 612 g/mol. The number of carbonyl (C=O) groups excluding carboxylic acids is 2. The number of fused-ring (bicyclic) bond motifs is 2. The second kappa shape index (κ2) is 13.2. The van der Waals surface area contributed by atoms with Crippen LogP contribution in [0.1, 0.15) is 78.1 Å². The first-order valence-electron chi connectivity index (χ1n) is 16.3. The van der Waals surface area contributed by atoms with E-state index in [2.05, 4.69) is 0 Å². The average molecular weight is 613 g/mol. The van der Waals surface area contributed by atoms with Crippen LogP contribution in [0.15, 0.2) is 66.7 Å². The van der Waals surface area contributed by atoms with E-state index in [-0.39, 0.29) is 0 Å². The first-order chi connectivity index (χ1) is 22.0. The topological polar surface area (TPSA) is 96.1 Å². The number of esters is 2. The first-order valence-corrected chi connectivity index (χ1v) is 16.3. The predicted octanol–water partition coefficient (Wildman–Crippen LogP) is 6.97. The van der Waals surface area contributed by atoms with Crippen LogP contribution in [0.4, 0.5) is 0 Å². The second-order valence-electron chi connectivity index (χ2n) is 12.8. The molecule has 0 amide bonds. The second-order valence-corrected chi connectivity index (χ2v) is 12.8. The number of hydrogen-bond donors (Lipinski definition) is 0. The molecule has 0 spiro atoms. The number of epoxide rings is 2. The van der Waals surface area contributed by atoms with E-state index in [1.807, 2.05) is 6.92 Å². The molecule has 2 saturated carbocycles. The van der Waals surface area contributed by atoms with Gasteiger partial charge in [0.2, 0.25) is 0 Å². The van der Waals surface area contributed by atoms with Crippen LogP contribution < -0.4 is 18.9 Å². The minimum absolute atomic E-state index is 0.393. The number of benzene rings is 3. The molecule has 6 atom stereocenters. The van der Waals surface area contributed by atoms with E-state index < -0.39 is 11.9 Å². The molecule has 2 heterocycles. The third-order valence-electron chi connectivity index (χ3n) is 9.34. The van der Waals surface area contributed by atoms with Gasteiger partial charge < -0.3 is 28.4 Å². The van der Waals surface area contributed by atoms with Crippen molar-refractivity contribution >= 4 is 11.9 Å². The van der Waals surface area contributed by atoms with Gasteiger partial charge in [0.15, 0.2) is 0 Å². The number of rotatable bonds is 12. The lowest BCUT2D eigenvalue weighted by Crippen LogP contribution is -2.19. The van der Waals surface area contributed by atoms with Gasteiger partial charge in [-0.3, -0.25) is 0 Å². The Morgan fingerprint density at radius 3 is 1.67 bits per heavy atom. The Hall–Kier alpha value is -3.88. The van der Waals surface area contributed by atoms with E-state index in [9.17, 15) is 9.59 Å². The summed E-state index contributed by atoms with van der Waals surface area (Å²) in [6.07, 6.45) is 9.94. The number of carbonyl (C=O) groups is 2. The lowest BCUT2D eigenvalue weighted by molar-refractivity contribution is 0.0718. The molecule has 8 heteroatoms. The van der Waals surface area contributed by atoms with E-state index in [4.69, 9.17) is 28.4 Å². The van der Waals surface area contributed by atoms with E-state index >= 15 is 0 Å². The third-order valence-corrected chi connectivity index (χ3v) is 9.34. The molecule has 0 bridgehead atoms. The van der Waals surface area contributed by atoms with Crippen molar-refractivity contribution < 1.29 is 38.0 Å². The predicted molar refractivity (Wildman–Crippen MR) is 166 cm³/mol. The van der Waals surface area contributed by atoms with Crippen molar-refractivity contribution in [3.05, 3.63) is 83.4 Å². The van der Waals surface area contributed by atoms with E-state index in [1.54, 1.807) is 66.7 Å². The minimum Gasteiger partial charge on any atom is -0.493 e. The zero-order valence-electron chi connectivity index (χ0n) is 25.7. The molecule has 4 fully saturated rings. The number of aryl methyl sites for hydroxylation is 1. The molecule has 2 saturated heterocycles. The largest absolute Gasteiger partial charge is 0.493 e. The van der Waals surface area contributed by atoms with E-state index in [0.717, 1.165) is 62.0 Å². The smallest absolute Gasteiger partial charge is 0.343 e. The Bertz CT molecular complexity index is 1500. The van der Waals surface area contributed by atoms with Gasteiger partial charge in [-0.2, -0.15) is 0 Å². The fourth-order valence-electron chi connectivity index (χ4n) is 6.59. The van der Waals surface area contributed by atoms with Crippen LogP contribution in [0.3, 0.4) is 0 Å². The van der Waals surface area contributed by atoms with E-state index in [1.165, 1.54) is 0 Å². The highest BCUT2D eigenvalue weighted by Gasteiger charge is 2.44. The molecule has 6 unspecified atom stereocenters. The summed E-state index contributed by atoms with van der Waals surface area (Å²) < 4.78 is 34.6. The van der Waals surface area contributed by atoms with Crippen molar-refractivity contribution in [3.63, 3.8) is 0 Å². The Balaban J connectivity index is 0.910. The molecular weight excluding hydrogens is 572 g/mol. The lowest BCUT2D eigenvalue weighted by Gasteiger charge is -2.19. The van der Waals surface area contributed by atoms with Crippen LogP contribution in [-0.4, -0.2) is 49.6 Å². The standard InChI is InChI=1S/C37H40O8/c1-2-3-27-20-30(42-36(38)25-6-10-28(11-7-25)40-21-23-4-15-32-34(18-23)43-32)14-17-31(27)45-37(39)26-8-12-29(13-9-26)41-22-24-5-16-33-35(19-24)44-33/h6-14,17,20,23-24,32-35H,2-5,15-16,18-19,21-22H2,1H3. The van der Waals surface area contributed by atoms with Crippen LogP contribution in [0.25, 0.3) is 0 Å². The van der Waals surface area contributed by atoms with Crippen molar-refractivity contribution in [1.29, 1.82) is 0 Å². The van der Waals surface area contributed by atoms with Crippen LogP contribution >= 0.6 is 0 Å². The maximum Gasteiger partial charge on any atom is 0.343 e. The van der Waals surface area contributed by atoms with Crippen LogP contribution in [0.5, 0.6) is 23.0 Å². The van der Waals surface area contributed by atoms with Gasteiger partial charge in [0.1, 0.15) is 23.0 Å². The molecule has 2 aliphatic heterocycles. The minimum atomic E-state index is -0.464. The SMILES string of the molecule is CCCc1cc(OC(=O)c2ccc(OCC3CCC4OC4C3)cc2)ccc1OC(=O)c1ccc(OCC2CCC3OC3C2)cc1. The summed E-state index contributed by atoms with van der Waals surface area (Å²) >= 11 is 0. The van der Waals surface area contributed by atoms with Gasteiger partial charge in [0.25, 0.3) is 0 Å². The summed E-state index contributed by atoms with van der Waals surface area (Å²) in [7, 11) is 0. The highest BCUT2D eigenvalue weighted by Crippen LogP contribution is 2.40. The van der Waals surface area contributed by atoms with Gasteiger partial charge >= 0.3 is 11.9 Å². The summed E-state index contributed by atoms with van der Waals surface area (Å²) in [5.41, 5.74) is 1.65. The van der Waals surface area contributed by atoms with Crippen LogP contribution in [0, 0.1) is 11.8 Å². The molecule has 0 aromatic heterocycles. The maximum absolute atomic E-state index is 13.0. The Morgan fingerprint density at radius 2 is 1.16 bits per heavy atom. The fourth-order valence-corrected chi connectivity index (χ4v) is 6.59. The maximum atomic E-state index is 13.0. The molecule has 8 nitrogen and oxygen atoms in total. The van der Waals surface area contributed by atoms with Crippen molar-refractivity contribution in [3.8, 4) is 23.0 Å². The first kappa shape index (κ1) is 29.8. The van der Waals surface area contributed by atoms with Crippen molar-refractivity contribution in [2.45, 2.75) is 82.7 Å². The van der Waals surface area contributed by atoms with Crippen LogP contribution in [0.2, 0.25) is 0 Å². The number of hydrogen-bond acceptors (Lipinski definition) is 8. The summed E-state index contributed by atoms with van der Waals surface area (Å²) in [5.74, 6) is 2.41. The average Bonchev–Trinajstić information content (AvgIpc) is 3.99. The Morgan fingerprint density at radius 1 is 0.644 bits per heavy atom. The Labute approximate surface area is 263 Å². The molecular formula is C37H40O8. The molecule has 0 radical (unpaired) electrons. The van der Waals surface area contributed by atoms with E-state index in [0.29, 0.717) is 78.5 Å². The lowest BCUT2D eigenvalue weighted by atomic mass is 9.90. The summed E-state index contributed by atoms with van der Waals surface area (Å²) in [6, 6.07) is 19.2. The fraction of sp³-hybridized carbons (Fsp3) is 0.459. The van der Waals surface area contributed by atoms with Crippen LogP contribution in [-0.2, 0) is 15.9 Å². The summed E-state index contributed by atoms with van der Waals surface area (Å²) in [5, 5.41) is 0. The summed E-state index contributed by atoms with van der Waals surface area (Å²) in [4.78, 5) is 25.9. The van der Waals surface area contributed by atoms with Gasteiger partial charge in [0.05, 0.1) is 48.8 Å². The van der Waals surface area contributed by atoms with Gasteiger partial charge in [0, 0.05) is 0 Å². The van der Waals surface area contributed by atoms with Gasteiger partial charge in [-0.05, 0) is 129 Å². The number of ether oxygens (including phenoxy) is 6. The zero-order valence-corrected chi connectivity index (χ0v) is 25.7. The molecule has 4 aliphatic rings. The van der Waals surface area contributed by atoms with Gasteiger partial charge in [-0.25, -0.2) is 9.59 Å². The Kier molecular flexibility index (Phi) is 8.77. The molecule has 3 aromatic carbocycles. The third kappa shape index (κ3) is 7.51. The molecule has 2 aliphatic carbocycles. The quantitative estimate of drug-likeness (QED) is 0.123. The molecule has 0 N–H and O–H groups in total. The van der Waals surface area contributed by atoms with Crippen molar-refractivity contribution in [1.82, 2.24) is 0 Å². The molecule has 236 valence electrons. The van der Waals surface area contributed by atoms with Gasteiger partial charge in [-0.15, -0.1) is 0 Å². The van der Waals surface area contributed by atoms with Gasteiger partial charge in [-0.1, -0.05) is 13.3 Å². The summed E-state index contributed by atoms with van der Waals surface area (Å²) in [6.45, 7) is 3.36. The highest BCUT2D eigenvalue weighted by atomic mass is 16.6. The molecule has 7 rings (SSSR count).